The van der Waals surface area contributed by atoms with Gasteiger partial charge >= 0.3 is 0 Å². The van der Waals surface area contributed by atoms with Crippen LogP contribution in [0.2, 0.25) is 0 Å². The van der Waals surface area contributed by atoms with Crippen molar-refractivity contribution in [1.82, 2.24) is 19.9 Å². The molecular formula is C34H41FN4O2. The van der Waals surface area contributed by atoms with E-state index in [1.54, 1.807) is 0 Å². The van der Waals surface area contributed by atoms with Gasteiger partial charge in [0.05, 0.1) is 24.5 Å². The van der Waals surface area contributed by atoms with Crippen LogP contribution in [0.4, 0.5) is 4.39 Å². The Morgan fingerprint density at radius 3 is 2.20 bits per heavy atom. The standard InChI is InChI=1S/C33H38N4O2.CH3F/c1-22-17-29(38-21-33(5,6)30(24-13-10-14-24)39-32(2,3)4)35-19-26(22)25-15-16-27(34-18-25)31-36-20-28(37-31)23-11-8-7-9-12-23;1-2/h7-9,11-12,15-20H,10,13-14,21H2,1-6H3,(H,36,37);1H3. The maximum Gasteiger partial charge on any atom is 0.213 e. The van der Waals surface area contributed by atoms with Crippen molar-refractivity contribution in [2.45, 2.75) is 66.4 Å². The van der Waals surface area contributed by atoms with Gasteiger partial charge in [-0.3, -0.25) is 9.37 Å². The summed E-state index contributed by atoms with van der Waals surface area (Å²) < 4.78 is 22.1. The Kier molecular flexibility index (Phi) is 9.26. The fraction of sp³-hybridized carbons (Fsp3) is 0.382. The van der Waals surface area contributed by atoms with Gasteiger partial charge in [0.2, 0.25) is 5.88 Å². The summed E-state index contributed by atoms with van der Waals surface area (Å²) in [6, 6.07) is 16.2. The lowest BCUT2D eigenvalue weighted by Gasteiger charge is -2.37. The molecule has 0 bridgehead atoms. The van der Waals surface area contributed by atoms with Crippen LogP contribution in [-0.2, 0) is 4.74 Å². The first kappa shape index (κ1) is 30.0. The summed E-state index contributed by atoms with van der Waals surface area (Å²) in [4.78, 5) is 17.2. The molecule has 0 radical (unpaired) electrons. The molecule has 216 valence electrons. The molecular weight excluding hydrogens is 515 g/mol. The molecule has 1 N–H and O–H groups in total. The number of benzene rings is 1. The highest BCUT2D eigenvalue weighted by Gasteiger charge is 2.34. The Balaban J connectivity index is 0.00000189. The van der Waals surface area contributed by atoms with E-state index >= 15 is 0 Å². The predicted octanol–water partition coefficient (Wildman–Crippen LogP) is 8.75. The highest BCUT2D eigenvalue weighted by atomic mass is 19.1. The maximum absolute atomic E-state index is 9.50. The molecule has 0 amide bonds. The molecule has 0 aliphatic heterocycles. The number of allylic oxidation sites excluding steroid dienone is 1. The molecule has 6 nitrogen and oxygen atoms in total. The van der Waals surface area contributed by atoms with E-state index in [-0.39, 0.29) is 11.0 Å². The molecule has 1 aliphatic carbocycles. The summed E-state index contributed by atoms with van der Waals surface area (Å²) in [7, 11) is 0.500. The second-order valence-electron chi connectivity index (χ2n) is 12.0. The largest absolute Gasteiger partial charge is 0.492 e. The third-order valence-corrected chi connectivity index (χ3v) is 6.95. The maximum atomic E-state index is 9.50. The topological polar surface area (TPSA) is 72.9 Å². The predicted molar refractivity (Wildman–Crippen MR) is 163 cm³/mol. The van der Waals surface area contributed by atoms with Crippen LogP contribution in [0.3, 0.4) is 0 Å². The van der Waals surface area contributed by atoms with Crippen LogP contribution in [0, 0.1) is 12.3 Å². The number of halogens is 1. The first-order chi connectivity index (χ1) is 19.6. The fourth-order valence-corrected chi connectivity index (χ4v) is 4.72. The molecule has 3 aromatic heterocycles. The minimum Gasteiger partial charge on any atom is -0.492 e. The Bertz CT molecular complexity index is 1460. The minimum absolute atomic E-state index is 0.240. The van der Waals surface area contributed by atoms with Crippen molar-refractivity contribution in [2.24, 2.45) is 5.41 Å². The van der Waals surface area contributed by atoms with Crippen LogP contribution >= 0.6 is 0 Å². The SMILES string of the molecule is CF.Cc1cc(OCC(C)(C)C(OC(C)(C)C)=C2CCC2)ncc1-c1ccc(-c2ncc(-c3ccccc3)[nH]2)nc1. The first-order valence-electron chi connectivity index (χ1n) is 14.0. The van der Waals surface area contributed by atoms with E-state index in [2.05, 4.69) is 79.7 Å². The summed E-state index contributed by atoms with van der Waals surface area (Å²) in [6.07, 6.45) is 9.04. The molecule has 0 unspecified atom stereocenters. The lowest BCUT2D eigenvalue weighted by molar-refractivity contribution is 0.00140. The van der Waals surface area contributed by atoms with E-state index in [9.17, 15) is 4.39 Å². The smallest absolute Gasteiger partial charge is 0.213 e. The van der Waals surface area contributed by atoms with E-state index < -0.39 is 0 Å². The van der Waals surface area contributed by atoms with Crippen LogP contribution < -0.4 is 4.74 Å². The van der Waals surface area contributed by atoms with Crippen LogP contribution in [0.15, 0.2) is 78.5 Å². The molecule has 41 heavy (non-hydrogen) atoms. The van der Waals surface area contributed by atoms with Crippen molar-refractivity contribution in [3.8, 4) is 39.8 Å². The molecule has 1 aliphatic rings. The van der Waals surface area contributed by atoms with Gasteiger partial charge in [0.15, 0.2) is 5.82 Å². The van der Waals surface area contributed by atoms with Crippen molar-refractivity contribution in [3.63, 3.8) is 0 Å². The van der Waals surface area contributed by atoms with Crippen molar-refractivity contribution in [3.05, 3.63) is 84.0 Å². The minimum atomic E-state index is -0.247. The third-order valence-electron chi connectivity index (χ3n) is 6.95. The molecule has 4 aromatic rings. The number of ether oxygens (including phenoxy) is 2. The number of aryl methyl sites for hydroxylation is 1. The van der Waals surface area contributed by atoms with E-state index in [0.717, 1.165) is 58.1 Å². The van der Waals surface area contributed by atoms with Crippen molar-refractivity contribution in [2.75, 3.05) is 13.8 Å². The number of hydrogen-bond acceptors (Lipinski definition) is 5. The van der Waals surface area contributed by atoms with E-state index in [1.807, 2.05) is 48.9 Å². The zero-order chi connectivity index (χ0) is 29.6. The number of pyridine rings is 2. The van der Waals surface area contributed by atoms with Gasteiger partial charge in [-0.1, -0.05) is 36.4 Å². The number of nitrogens with one attached hydrogen (secondary N) is 1. The zero-order valence-electron chi connectivity index (χ0n) is 25.2. The Morgan fingerprint density at radius 1 is 0.878 bits per heavy atom. The van der Waals surface area contributed by atoms with Gasteiger partial charge in [-0.2, -0.15) is 0 Å². The van der Waals surface area contributed by atoms with Crippen molar-refractivity contribution >= 4 is 0 Å². The van der Waals surface area contributed by atoms with Crippen molar-refractivity contribution < 1.29 is 13.9 Å². The number of aromatic amines is 1. The number of rotatable bonds is 8. The molecule has 1 aromatic carbocycles. The monoisotopic (exact) mass is 556 g/mol. The average Bonchev–Trinajstić information content (AvgIpc) is 3.42. The number of imidazole rings is 1. The van der Waals surface area contributed by atoms with Gasteiger partial charge in [0.1, 0.15) is 23.7 Å². The number of hydrogen-bond donors (Lipinski definition) is 1. The first-order valence-corrected chi connectivity index (χ1v) is 14.0. The molecule has 0 spiro atoms. The van der Waals surface area contributed by atoms with Crippen LogP contribution in [0.5, 0.6) is 5.88 Å². The number of nitrogens with zero attached hydrogens (tertiary/aromatic N) is 3. The molecule has 0 saturated heterocycles. The second-order valence-corrected chi connectivity index (χ2v) is 12.0. The molecule has 3 heterocycles. The number of aromatic nitrogens is 4. The van der Waals surface area contributed by atoms with Crippen LogP contribution in [0.1, 0.15) is 59.4 Å². The normalized spacial score (nSPS) is 13.1. The second kappa shape index (κ2) is 12.7. The van der Waals surface area contributed by atoms with Gasteiger partial charge in [-0.25, -0.2) is 9.97 Å². The van der Waals surface area contributed by atoms with Crippen LogP contribution in [-0.4, -0.2) is 39.3 Å². The molecule has 1 fully saturated rings. The quantitative estimate of drug-likeness (QED) is 0.220. The van der Waals surface area contributed by atoms with Crippen molar-refractivity contribution in [1.29, 1.82) is 0 Å². The molecule has 5 rings (SSSR count). The number of alkyl halides is 1. The van der Waals surface area contributed by atoms with Crippen LogP contribution in [0.25, 0.3) is 33.9 Å². The van der Waals surface area contributed by atoms with E-state index in [1.165, 1.54) is 12.0 Å². The highest BCUT2D eigenvalue weighted by Crippen LogP contribution is 2.40. The molecule has 1 saturated carbocycles. The zero-order valence-corrected chi connectivity index (χ0v) is 25.2. The van der Waals surface area contributed by atoms with Gasteiger partial charge in [-0.15, -0.1) is 0 Å². The van der Waals surface area contributed by atoms with Gasteiger partial charge in [0.25, 0.3) is 0 Å². The highest BCUT2D eigenvalue weighted by molar-refractivity contribution is 5.68. The Labute approximate surface area is 243 Å². The third kappa shape index (κ3) is 7.40. The van der Waals surface area contributed by atoms with Gasteiger partial charge in [0, 0.05) is 29.6 Å². The average molecular weight is 557 g/mol. The lowest BCUT2D eigenvalue weighted by Crippen LogP contribution is -2.33. The van der Waals surface area contributed by atoms with E-state index in [4.69, 9.17) is 9.47 Å². The molecule has 7 heteroatoms. The fourth-order valence-electron chi connectivity index (χ4n) is 4.72. The van der Waals surface area contributed by atoms with Gasteiger partial charge in [-0.05, 0) is 83.6 Å². The number of H-pyrrole nitrogens is 1. The van der Waals surface area contributed by atoms with E-state index in [0.29, 0.717) is 19.7 Å². The summed E-state index contributed by atoms with van der Waals surface area (Å²) in [5.41, 5.74) is 6.90. The molecule has 0 atom stereocenters. The Morgan fingerprint density at radius 2 is 1.61 bits per heavy atom. The van der Waals surface area contributed by atoms with Gasteiger partial charge < -0.3 is 14.5 Å². The Hall–Kier alpha value is -4.00. The lowest BCUT2D eigenvalue weighted by atomic mass is 9.81. The summed E-state index contributed by atoms with van der Waals surface area (Å²) in [6.45, 7) is 13.3. The summed E-state index contributed by atoms with van der Waals surface area (Å²) in [5, 5.41) is 0. The summed E-state index contributed by atoms with van der Waals surface area (Å²) >= 11 is 0. The summed E-state index contributed by atoms with van der Waals surface area (Å²) in [5.74, 6) is 2.44.